The summed E-state index contributed by atoms with van der Waals surface area (Å²) in [5.41, 5.74) is 3.16. The number of nitrogens with zero attached hydrogens (tertiary/aromatic N) is 3. The number of carbonyl (C=O) groups is 1. The second-order valence-corrected chi connectivity index (χ2v) is 5.75. The standard InChI is InChI=1S/C17H16F3N3O2/c1-10-14(16(24)25-3)13-6-4-5-12(15(13)22(10)2)11-7-21-23(8-11)9-17(18,19)20/h4-8H,9H2,1-3H3. The lowest BCUT2D eigenvalue weighted by atomic mass is 10.0. The van der Waals surface area contributed by atoms with E-state index in [0.717, 1.165) is 15.9 Å². The van der Waals surface area contributed by atoms with Gasteiger partial charge in [-0.25, -0.2) is 4.79 Å². The Morgan fingerprint density at radius 1 is 1.32 bits per heavy atom. The molecule has 0 spiro atoms. The quantitative estimate of drug-likeness (QED) is 0.676. The van der Waals surface area contributed by atoms with Crippen molar-refractivity contribution in [3.63, 3.8) is 0 Å². The van der Waals surface area contributed by atoms with Crippen LogP contribution in [0.15, 0.2) is 30.6 Å². The third-order valence-corrected chi connectivity index (χ3v) is 4.18. The molecular weight excluding hydrogens is 335 g/mol. The molecule has 2 aromatic heterocycles. The van der Waals surface area contributed by atoms with Gasteiger partial charge in [0.25, 0.3) is 0 Å². The largest absolute Gasteiger partial charge is 0.465 e. The molecule has 0 aliphatic carbocycles. The van der Waals surface area contributed by atoms with E-state index in [0.29, 0.717) is 22.1 Å². The molecule has 2 heterocycles. The number of aryl methyl sites for hydroxylation is 1. The van der Waals surface area contributed by atoms with Gasteiger partial charge in [-0.1, -0.05) is 18.2 Å². The summed E-state index contributed by atoms with van der Waals surface area (Å²) in [4.78, 5) is 12.1. The fourth-order valence-corrected chi connectivity index (χ4v) is 3.00. The molecule has 0 saturated heterocycles. The zero-order valence-electron chi connectivity index (χ0n) is 13.9. The zero-order chi connectivity index (χ0) is 18.4. The van der Waals surface area contributed by atoms with Gasteiger partial charge in [-0.2, -0.15) is 18.3 Å². The summed E-state index contributed by atoms with van der Waals surface area (Å²) in [6.07, 6.45) is -1.60. The minimum Gasteiger partial charge on any atom is -0.465 e. The summed E-state index contributed by atoms with van der Waals surface area (Å²) in [6.45, 7) is 0.645. The molecule has 5 nitrogen and oxygen atoms in total. The number of benzene rings is 1. The first-order chi connectivity index (χ1) is 11.7. The molecule has 0 N–H and O–H groups in total. The van der Waals surface area contributed by atoms with Crippen molar-refractivity contribution in [2.75, 3.05) is 7.11 Å². The zero-order valence-corrected chi connectivity index (χ0v) is 13.9. The van der Waals surface area contributed by atoms with Gasteiger partial charge in [-0.3, -0.25) is 4.68 Å². The SMILES string of the molecule is COC(=O)c1c(C)n(C)c2c(-c3cnn(CC(F)(F)F)c3)cccc12. The van der Waals surface area contributed by atoms with E-state index in [4.69, 9.17) is 4.74 Å². The summed E-state index contributed by atoms with van der Waals surface area (Å²) in [5.74, 6) is -0.451. The molecular formula is C17H16F3N3O2. The van der Waals surface area contributed by atoms with Gasteiger partial charge in [0.2, 0.25) is 0 Å². The maximum Gasteiger partial charge on any atom is 0.408 e. The van der Waals surface area contributed by atoms with Crippen molar-refractivity contribution < 1.29 is 22.7 Å². The molecule has 3 rings (SSSR count). The Labute approximate surface area is 141 Å². The number of ether oxygens (including phenoxy) is 1. The maximum absolute atomic E-state index is 12.5. The van der Waals surface area contributed by atoms with E-state index >= 15 is 0 Å². The topological polar surface area (TPSA) is 49.1 Å². The molecule has 1 aromatic carbocycles. The third-order valence-electron chi connectivity index (χ3n) is 4.18. The Balaban J connectivity index is 2.17. The number of esters is 1. The Kier molecular flexibility index (Phi) is 4.06. The Hall–Kier alpha value is -2.77. The first kappa shape index (κ1) is 17.1. The molecule has 0 amide bonds. The number of carbonyl (C=O) groups excluding carboxylic acids is 1. The average molecular weight is 351 g/mol. The molecule has 0 bridgehead atoms. The van der Waals surface area contributed by atoms with Crippen LogP contribution in [-0.4, -0.2) is 33.6 Å². The first-order valence-electron chi connectivity index (χ1n) is 7.49. The van der Waals surface area contributed by atoms with Crippen LogP contribution in [0.1, 0.15) is 16.1 Å². The minimum atomic E-state index is -4.34. The van der Waals surface area contributed by atoms with Gasteiger partial charge in [0.05, 0.1) is 24.4 Å². The number of hydrogen-bond donors (Lipinski definition) is 0. The highest BCUT2D eigenvalue weighted by Gasteiger charge is 2.28. The monoisotopic (exact) mass is 351 g/mol. The van der Waals surface area contributed by atoms with Gasteiger partial charge < -0.3 is 9.30 Å². The van der Waals surface area contributed by atoms with E-state index < -0.39 is 18.7 Å². The number of fused-ring (bicyclic) bond motifs is 1. The maximum atomic E-state index is 12.5. The van der Waals surface area contributed by atoms with Gasteiger partial charge in [0, 0.05) is 35.5 Å². The highest BCUT2D eigenvalue weighted by Crippen LogP contribution is 2.34. The molecule has 0 saturated carbocycles. The van der Waals surface area contributed by atoms with Gasteiger partial charge in [0.1, 0.15) is 6.54 Å². The fraction of sp³-hybridized carbons (Fsp3) is 0.294. The highest BCUT2D eigenvalue weighted by molar-refractivity contribution is 6.09. The van der Waals surface area contributed by atoms with Crippen molar-refractivity contribution in [2.45, 2.75) is 19.6 Å². The van der Waals surface area contributed by atoms with Gasteiger partial charge in [0.15, 0.2) is 0 Å². The summed E-state index contributed by atoms with van der Waals surface area (Å²) in [5, 5.41) is 4.48. The molecule has 0 unspecified atom stereocenters. The second kappa shape index (κ2) is 5.94. The van der Waals surface area contributed by atoms with E-state index in [9.17, 15) is 18.0 Å². The van der Waals surface area contributed by atoms with Crippen LogP contribution in [0.2, 0.25) is 0 Å². The second-order valence-electron chi connectivity index (χ2n) is 5.75. The van der Waals surface area contributed by atoms with E-state index in [1.807, 2.05) is 4.57 Å². The lowest BCUT2D eigenvalue weighted by Gasteiger charge is -2.06. The predicted molar refractivity (Wildman–Crippen MR) is 86.3 cm³/mol. The molecule has 3 aromatic rings. The number of para-hydroxylation sites is 1. The van der Waals surface area contributed by atoms with Crippen LogP contribution in [0, 0.1) is 6.92 Å². The van der Waals surface area contributed by atoms with Crippen molar-refractivity contribution in [3.05, 3.63) is 41.9 Å². The van der Waals surface area contributed by atoms with Crippen LogP contribution in [-0.2, 0) is 18.3 Å². The normalized spacial score (nSPS) is 11.9. The molecule has 0 radical (unpaired) electrons. The van der Waals surface area contributed by atoms with E-state index in [-0.39, 0.29) is 0 Å². The number of alkyl halides is 3. The fourth-order valence-electron chi connectivity index (χ4n) is 3.00. The highest BCUT2D eigenvalue weighted by atomic mass is 19.4. The minimum absolute atomic E-state index is 0.449. The number of aromatic nitrogens is 3. The van der Waals surface area contributed by atoms with Crippen LogP contribution >= 0.6 is 0 Å². The van der Waals surface area contributed by atoms with Crippen LogP contribution < -0.4 is 0 Å². The van der Waals surface area contributed by atoms with Crippen LogP contribution in [0.3, 0.4) is 0 Å². The van der Waals surface area contributed by atoms with Crippen molar-refractivity contribution in [1.82, 2.24) is 14.3 Å². The Morgan fingerprint density at radius 3 is 2.68 bits per heavy atom. The van der Waals surface area contributed by atoms with E-state index in [1.54, 1.807) is 32.2 Å². The van der Waals surface area contributed by atoms with E-state index in [2.05, 4.69) is 5.10 Å². The van der Waals surface area contributed by atoms with Gasteiger partial charge in [-0.15, -0.1) is 0 Å². The molecule has 25 heavy (non-hydrogen) atoms. The molecule has 0 fully saturated rings. The predicted octanol–water partition coefficient (Wildman–Crippen LogP) is 3.70. The first-order valence-corrected chi connectivity index (χ1v) is 7.49. The molecule has 0 aliphatic heterocycles. The summed E-state index contributed by atoms with van der Waals surface area (Å²) >= 11 is 0. The summed E-state index contributed by atoms with van der Waals surface area (Å²) < 4.78 is 45.1. The molecule has 0 aliphatic rings. The number of methoxy groups -OCH3 is 1. The van der Waals surface area contributed by atoms with Crippen LogP contribution in [0.25, 0.3) is 22.0 Å². The lowest BCUT2D eigenvalue weighted by molar-refractivity contribution is -0.142. The number of rotatable bonds is 3. The smallest absolute Gasteiger partial charge is 0.408 e. The van der Waals surface area contributed by atoms with Crippen molar-refractivity contribution in [1.29, 1.82) is 0 Å². The average Bonchev–Trinajstić information content (AvgIpc) is 3.09. The molecule has 132 valence electrons. The lowest BCUT2D eigenvalue weighted by Crippen LogP contribution is -2.17. The number of hydrogen-bond acceptors (Lipinski definition) is 3. The molecule has 8 heteroatoms. The van der Waals surface area contributed by atoms with Crippen molar-refractivity contribution in [3.8, 4) is 11.1 Å². The van der Waals surface area contributed by atoms with Crippen LogP contribution in [0.5, 0.6) is 0 Å². The Bertz CT molecular complexity index is 954. The van der Waals surface area contributed by atoms with Crippen LogP contribution in [0.4, 0.5) is 13.2 Å². The van der Waals surface area contributed by atoms with E-state index in [1.165, 1.54) is 19.5 Å². The van der Waals surface area contributed by atoms with Gasteiger partial charge >= 0.3 is 12.1 Å². The third kappa shape index (κ3) is 2.99. The summed E-state index contributed by atoms with van der Waals surface area (Å²) in [7, 11) is 3.11. The van der Waals surface area contributed by atoms with Crippen molar-refractivity contribution in [2.24, 2.45) is 7.05 Å². The van der Waals surface area contributed by atoms with Crippen molar-refractivity contribution >= 4 is 16.9 Å². The molecule has 0 atom stereocenters. The Morgan fingerprint density at radius 2 is 2.04 bits per heavy atom. The van der Waals surface area contributed by atoms with Gasteiger partial charge in [-0.05, 0) is 6.92 Å². The summed E-state index contributed by atoms with van der Waals surface area (Å²) in [6, 6.07) is 5.33. The number of halogens is 3.